The molecule has 0 aromatic carbocycles. The summed E-state index contributed by atoms with van der Waals surface area (Å²) >= 11 is 0. The first-order valence-electron chi connectivity index (χ1n) is 3.46. The third-order valence-electron chi connectivity index (χ3n) is 1.75. The summed E-state index contributed by atoms with van der Waals surface area (Å²) in [5, 5.41) is 16.9. The Morgan fingerprint density at radius 1 is 1.33 bits per heavy atom. The van der Waals surface area contributed by atoms with Crippen LogP contribution in [0.5, 0.6) is 0 Å². The molecule has 1 unspecified atom stereocenters. The molecule has 4 nitrogen and oxygen atoms in total. The summed E-state index contributed by atoms with van der Waals surface area (Å²) in [7, 11) is 0. The van der Waals surface area contributed by atoms with E-state index >= 15 is 0 Å². The summed E-state index contributed by atoms with van der Waals surface area (Å²) in [4.78, 5) is 20.7. The Bertz CT molecular complexity index is 163. The van der Waals surface area contributed by atoms with E-state index in [2.05, 4.69) is 0 Å². The maximum absolute atomic E-state index is 10.4. The number of aliphatic carboxylic acids is 2. The fourth-order valence-corrected chi connectivity index (χ4v) is 0.828. The smallest absolute Gasteiger partial charge is 1.00 e. The number of carbonyl (C=O) groups is 2. The van der Waals surface area contributed by atoms with Crippen molar-refractivity contribution in [2.24, 2.45) is 11.8 Å². The van der Waals surface area contributed by atoms with Crippen LogP contribution in [-0.4, -0.2) is 45.2 Å². The monoisotopic (exact) mass is 186 g/mol. The standard InChI is InChI=1S/C7H12O4.Mg.2H/c1-3-4(2)5(6(8)9)7(10)11;;;/h4-5H,3H2,1-2H3,(H,8,9)(H,10,11);;;/q;+2;2*-1. The van der Waals surface area contributed by atoms with Crippen molar-refractivity contribution in [1.82, 2.24) is 0 Å². The first-order valence-corrected chi connectivity index (χ1v) is 3.46. The molecule has 0 aliphatic carbocycles. The van der Waals surface area contributed by atoms with Crippen molar-refractivity contribution >= 4 is 35.0 Å². The zero-order chi connectivity index (χ0) is 9.02. The molecule has 0 aromatic heterocycles. The fraction of sp³-hybridized carbons (Fsp3) is 0.714. The number of rotatable bonds is 4. The predicted molar refractivity (Wildman–Crippen MR) is 46.2 cm³/mol. The van der Waals surface area contributed by atoms with Gasteiger partial charge in [-0.05, 0) is 5.92 Å². The van der Waals surface area contributed by atoms with E-state index in [1.807, 2.05) is 0 Å². The van der Waals surface area contributed by atoms with Crippen molar-refractivity contribution in [1.29, 1.82) is 0 Å². The van der Waals surface area contributed by atoms with Crippen LogP contribution in [0.25, 0.3) is 0 Å². The Labute approximate surface area is 90.1 Å². The van der Waals surface area contributed by atoms with Crippen molar-refractivity contribution < 1.29 is 22.7 Å². The molecule has 0 aromatic rings. The van der Waals surface area contributed by atoms with Gasteiger partial charge in [0.2, 0.25) is 0 Å². The van der Waals surface area contributed by atoms with Gasteiger partial charge in [0.25, 0.3) is 0 Å². The maximum Gasteiger partial charge on any atom is 2.00 e. The summed E-state index contributed by atoms with van der Waals surface area (Å²) in [6, 6.07) is 0. The first-order chi connectivity index (χ1) is 5.00. The molecule has 0 amide bonds. The zero-order valence-corrected chi connectivity index (χ0v) is 8.69. The van der Waals surface area contributed by atoms with Gasteiger partial charge in [-0.1, -0.05) is 20.3 Å². The SMILES string of the molecule is CCC(C)C(C(=O)O)C(=O)O.[H-].[H-].[Mg+2]. The Morgan fingerprint density at radius 3 is 1.75 bits per heavy atom. The average molecular weight is 186 g/mol. The molecule has 0 radical (unpaired) electrons. The van der Waals surface area contributed by atoms with Crippen LogP contribution in [-0.2, 0) is 9.59 Å². The number of hydrogen-bond acceptors (Lipinski definition) is 2. The van der Waals surface area contributed by atoms with Gasteiger partial charge in [-0.3, -0.25) is 9.59 Å². The molecule has 68 valence electrons. The molecule has 0 saturated carbocycles. The number of carboxylic acid groups (broad SMARTS) is 2. The average Bonchev–Trinajstić information content (AvgIpc) is 1.85. The van der Waals surface area contributed by atoms with E-state index in [-0.39, 0.29) is 31.8 Å². The predicted octanol–water partition coefficient (Wildman–Crippen LogP) is 0.662. The van der Waals surface area contributed by atoms with E-state index < -0.39 is 17.9 Å². The molecule has 0 heterocycles. The van der Waals surface area contributed by atoms with E-state index in [9.17, 15) is 9.59 Å². The molecule has 2 N–H and O–H groups in total. The van der Waals surface area contributed by atoms with Crippen LogP contribution < -0.4 is 0 Å². The first kappa shape index (κ1) is 14.2. The summed E-state index contributed by atoms with van der Waals surface area (Å²) in [5.41, 5.74) is 0. The molecule has 0 aliphatic rings. The van der Waals surface area contributed by atoms with Gasteiger partial charge in [0.15, 0.2) is 5.92 Å². The summed E-state index contributed by atoms with van der Waals surface area (Å²) < 4.78 is 0. The van der Waals surface area contributed by atoms with Crippen molar-refractivity contribution in [2.45, 2.75) is 20.3 Å². The van der Waals surface area contributed by atoms with Gasteiger partial charge in [-0.25, -0.2) is 0 Å². The van der Waals surface area contributed by atoms with Crippen molar-refractivity contribution in [3.63, 3.8) is 0 Å². The van der Waals surface area contributed by atoms with E-state index in [0.29, 0.717) is 6.42 Å². The van der Waals surface area contributed by atoms with Gasteiger partial charge in [-0.2, -0.15) is 0 Å². The Hall–Kier alpha value is -0.294. The van der Waals surface area contributed by atoms with Gasteiger partial charge in [0.1, 0.15) is 0 Å². The van der Waals surface area contributed by atoms with Gasteiger partial charge >= 0.3 is 35.0 Å². The van der Waals surface area contributed by atoms with Crippen LogP contribution in [0.3, 0.4) is 0 Å². The molecule has 1 atom stereocenters. The largest absolute Gasteiger partial charge is 2.00 e. The third kappa shape index (κ3) is 3.92. The van der Waals surface area contributed by atoms with E-state index in [1.54, 1.807) is 13.8 Å². The fourth-order valence-electron chi connectivity index (χ4n) is 0.828. The quantitative estimate of drug-likeness (QED) is 0.500. The van der Waals surface area contributed by atoms with E-state index in [4.69, 9.17) is 10.2 Å². The van der Waals surface area contributed by atoms with Crippen LogP contribution in [0.15, 0.2) is 0 Å². The van der Waals surface area contributed by atoms with Gasteiger partial charge < -0.3 is 13.1 Å². The van der Waals surface area contributed by atoms with Crippen LogP contribution in [0.1, 0.15) is 23.1 Å². The molecule has 0 saturated heterocycles. The molecular weight excluding hydrogens is 172 g/mol. The molecule has 0 aliphatic heterocycles. The summed E-state index contributed by atoms with van der Waals surface area (Å²) in [5.74, 6) is -4.09. The van der Waals surface area contributed by atoms with E-state index in [1.165, 1.54) is 0 Å². The number of carboxylic acids is 2. The van der Waals surface area contributed by atoms with Gasteiger partial charge in [0, 0.05) is 0 Å². The Kier molecular flexibility index (Phi) is 7.42. The van der Waals surface area contributed by atoms with Gasteiger partial charge in [0.05, 0.1) is 0 Å². The summed E-state index contributed by atoms with van der Waals surface area (Å²) in [6.45, 7) is 3.39. The van der Waals surface area contributed by atoms with Crippen molar-refractivity contribution in [3.05, 3.63) is 0 Å². The minimum Gasteiger partial charge on any atom is -1.00 e. The van der Waals surface area contributed by atoms with Crippen molar-refractivity contribution in [2.75, 3.05) is 0 Å². The third-order valence-corrected chi connectivity index (χ3v) is 1.75. The van der Waals surface area contributed by atoms with Crippen LogP contribution >= 0.6 is 0 Å². The van der Waals surface area contributed by atoms with Crippen LogP contribution in [0.4, 0.5) is 0 Å². The maximum atomic E-state index is 10.4. The molecule has 5 heteroatoms. The second-order valence-electron chi connectivity index (χ2n) is 2.54. The minimum atomic E-state index is -1.26. The van der Waals surface area contributed by atoms with E-state index in [0.717, 1.165) is 0 Å². The topological polar surface area (TPSA) is 74.6 Å². The second kappa shape index (κ2) is 6.25. The summed E-state index contributed by atoms with van der Waals surface area (Å²) in [6.07, 6.45) is 0.559. The molecule has 0 spiro atoms. The number of hydrogen-bond donors (Lipinski definition) is 2. The normalized spacial score (nSPS) is 11.9. The van der Waals surface area contributed by atoms with Gasteiger partial charge in [-0.15, -0.1) is 0 Å². The molecule has 0 bridgehead atoms. The Balaban J connectivity index is -0.000000167. The molecule has 0 fully saturated rings. The van der Waals surface area contributed by atoms with Crippen LogP contribution in [0.2, 0.25) is 0 Å². The minimum absolute atomic E-state index is 0. The Morgan fingerprint density at radius 2 is 1.67 bits per heavy atom. The second-order valence-corrected chi connectivity index (χ2v) is 2.54. The molecular formula is C7H14MgO4. The zero-order valence-electron chi connectivity index (χ0n) is 9.28. The van der Waals surface area contributed by atoms with Crippen molar-refractivity contribution in [3.8, 4) is 0 Å². The van der Waals surface area contributed by atoms with Crippen LogP contribution in [0, 0.1) is 11.8 Å². The molecule has 0 rings (SSSR count). The molecule has 12 heavy (non-hydrogen) atoms.